The van der Waals surface area contributed by atoms with Gasteiger partial charge in [0.05, 0.1) is 17.1 Å². The van der Waals surface area contributed by atoms with Crippen LogP contribution in [0.5, 0.6) is 0 Å². The molecule has 0 aromatic heterocycles. The fourth-order valence-electron chi connectivity index (χ4n) is 3.42. The summed E-state index contributed by atoms with van der Waals surface area (Å²) in [6, 6.07) is 9.81. The topological polar surface area (TPSA) is 69.7 Å². The van der Waals surface area contributed by atoms with Gasteiger partial charge in [-0.05, 0) is 42.3 Å². The third-order valence-corrected chi connectivity index (χ3v) is 5.33. The maximum absolute atomic E-state index is 13.0. The zero-order chi connectivity index (χ0) is 23.5. The summed E-state index contributed by atoms with van der Waals surface area (Å²) in [6.45, 7) is 0.720. The van der Waals surface area contributed by atoms with Crippen molar-refractivity contribution in [3.8, 4) is 0 Å². The van der Waals surface area contributed by atoms with Crippen LogP contribution in [0.1, 0.15) is 34.3 Å². The molecule has 3 amide bonds. The minimum Gasteiger partial charge on any atom is -0.338 e. The highest BCUT2D eigenvalue weighted by Gasteiger charge is 2.33. The maximum Gasteiger partial charge on any atom is 0.417 e. The predicted octanol–water partition coefficient (Wildman–Crippen LogP) is 4.19. The zero-order valence-corrected chi connectivity index (χ0v) is 18.0. The Hall–Kier alpha value is -3.07. The molecule has 6 nitrogen and oxygen atoms in total. The Morgan fingerprint density at radius 2 is 1.94 bits per heavy atom. The molecule has 1 N–H and O–H groups in total. The van der Waals surface area contributed by atoms with Crippen LogP contribution in [-0.2, 0) is 22.3 Å². The van der Waals surface area contributed by atoms with Crippen molar-refractivity contribution in [2.75, 3.05) is 25.5 Å². The Kier molecular flexibility index (Phi) is 7.08. The number of likely N-dealkylation sites (N-methyl/N-ethyl adjacent to an activating group) is 1. The second kappa shape index (κ2) is 9.60. The van der Waals surface area contributed by atoms with E-state index in [-0.39, 0.29) is 18.1 Å². The van der Waals surface area contributed by atoms with Gasteiger partial charge in [0.1, 0.15) is 0 Å². The van der Waals surface area contributed by atoms with E-state index in [0.29, 0.717) is 25.1 Å². The molecule has 10 heteroatoms. The number of rotatable bonds is 6. The van der Waals surface area contributed by atoms with E-state index in [2.05, 4.69) is 5.32 Å². The van der Waals surface area contributed by atoms with Crippen molar-refractivity contribution < 1.29 is 27.6 Å². The molecule has 1 aliphatic heterocycles. The summed E-state index contributed by atoms with van der Waals surface area (Å²) in [5.74, 6) is -1.01. The third kappa shape index (κ3) is 5.79. The summed E-state index contributed by atoms with van der Waals surface area (Å²) < 4.78 is 38.9. The normalized spacial score (nSPS) is 13.9. The molecule has 3 rings (SSSR count). The Morgan fingerprint density at radius 1 is 1.19 bits per heavy atom. The van der Waals surface area contributed by atoms with Crippen molar-refractivity contribution >= 4 is 35.0 Å². The number of nitrogens with one attached hydrogen (secondary N) is 1. The number of carbonyl (C=O) groups is 3. The van der Waals surface area contributed by atoms with Crippen molar-refractivity contribution in [3.63, 3.8) is 0 Å². The first-order valence-electron chi connectivity index (χ1n) is 9.83. The van der Waals surface area contributed by atoms with Crippen LogP contribution < -0.4 is 5.32 Å². The molecule has 0 saturated carbocycles. The number of amides is 3. The lowest BCUT2D eigenvalue weighted by molar-refractivity contribution is -0.137. The fraction of sp³-hybridized carbons (Fsp3) is 0.318. The van der Waals surface area contributed by atoms with Crippen molar-refractivity contribution in [1.29, 1.82) is 0 Å². The van der Waals surface area contributed by atoms with Gasteiger partial charge in [0.25, 0.3) is 5.91 Å². The molecule has 1 saturated heterocycles. The third-order valence-electron chi connectivity index (χ3n) is 5.00. The van der Waals surface area contributed by atoms with Crippen LogP contribution in [0.25, 0.3) is 0 Å². The second-order valence-electron chi connectivity index (χ2n) is 7.52. The van der Waals surface area contributed by atoms with Crippen LogP contribution in [-0.4, -0.2) is 47.7 Å². The number of nitrogens with zero attached hydrogens (tertiary/aromatic N) is 2. The summed E-state index contributed by atoms with van der Waals surface area (Å²) in [7, 11) is 1.42. The van der Waals surface area contributed by atoms with Gasteiger partial charge in [-0.3, -0.25) is 14.4 Å². The first-order chi connectivity index (χ1) is 15.0. The van der Waals surface area contributed by atoms with E-state index in [4.69, 9.17) is 11.6 Å². The number of anilines is 1. The first-order valence-corrected chi connectivity index (χ1v) is 10.2. The van der Waals surface area contributed by atoms with Gasteiger partial charge in [0.15, 0.2) is 0 Å². The molecule has 2 aromatic carbocycles. The second-order valence-corrected chi connectivity index (χ2v) is 7.93. The van der Waals surface area contributed by atoms with E-state index in [1.54, 1.807) is 23.1 Å². The standard InChI is InChI=1S/C22H21ClF3N3O3/c1-28(13-19(30)27-16-7-8-18(23)17(11-16)22(24,25)26)21(32)15-5-2-4-14(10-15)12-29-9-3-6-20(29)31/h2,4-5,7-8,10-11H,3,6,9,12-13H2,1H3,(H,27,30). The largest absolute Gasteiger partial charge is 0.417 e. The molecule has 1 heterocycles. The molecule has 170 valence electrons. The Labute approximate surface area is 187 Å². The molecule has 1 aliphatic rings. The number of halogens is 4. The summed E-state index contributed by atoms with van der Waals surface area (Å²) in [5, 5.41) is 1.87. The fourth-order valence-corrected chi connectivity index (χ4v) is 3.65. The average Bonchev–Trinajstić information content (AvgIpc) is 3.12. The van der Waals surface area contributed by atoms with Gasteiger partial charge in [0, 0.05) is 37.8 Å². The quantitative estimate of drug-likeness (QED) is 0.692. The van der Waals surface area contributed by atoms with Gasteiger partial charge in [-0.2, -0.15) is 13.2 Å². The maximum atomic E-state index is 13.0. The minimum absolute atomic E-state index is 0.0754. The van der Waals surface area contributed by atoms with E-state index in [1.807, 2.05) is 6.07 Å². The molecule has 0 unspecified atom stereocenters. The SMILES string of the molecule is CN(CC(=O)Nc1ccc(Cl)c(C(F)(F)F)c1)C(=O)c1cccc(CN2CCCC2=O)c1. The van der Waals surface area contributed by atoms with Gasteiger partial charge in [-0.1, -0.05) is 23.7 Å². The highest BCUT2D eigenvalue weighted by atomic mass is 35.5. The summed E-state index contributed by atoms with van der Waals surface area (Å²) in [5.41, 5.74) is -0.000333. The smallest absolute Gasteiger partial charge is 0.338 e. The van der Waals surface area contributed by atoms with Gasteiger partial charge < -0.3 is 15.1 Å². The summed E-state index contributed by atoms with van der Waals surface area (Å²) >= 11 is 5.58. The lowest BCUT2D eigenvalue weighted by atomic mass is 10.1. The van der Waals surface area contributed by atoms with Crippen molar-refractivity contribution in [1.82, 2.24) is 9.80 Å². The summed E-state index contributed by atoms with van der Waals surface area (Å²) in [6.07, 6.45) is -3.32. The first kappa shape index (κ1) is 23.6. The Morgan fingerprint density at radius 3 is 2.59 bits per heavy atom. The molecular weight excluding hydrogens is 447 g/mol. The molecule has 0 spiro atoms. The molecule has 0 aliphatic carbocycles. The van der Waals surface area contributed by atoms with Crippen LogP contribution in [0, 0.1) is 0 Å². The number of carbonyl (C=O) groups excluding carboxylic acids is 3. The van der Waals surface area contributed by atoms with Crippen LogP contribution >= 0.6 is 11.6 Å². The molecular formula is C22H21ClF3N3O3. The van der Waals surface area contributed by atoms with Crippen LogP contribution in [0.3, 0.4) is 0 Å². The van der Waals surface area contributed by atoms with E-state index < -0.39 is 28.6 Å². The lowest BCUT2D eigenvalue weighted by Gasteiger charge is -2.19. The van der Waals surface area contributed by atoms with E-state index in [1.165, 1.54) is 13.1 Å². The van der Waals surface area contributed by atoms with Crippen molar-refractivity contribution in [2.24, 2.45) is 0 Å². The minimum atomic E-state index is -4.66. The predicted molar refractivity (Wildman–Crippen MR) is 113 cm³/mol. The van der Waals surface area contributed by atoms with E-state index in [9.17, 15) is 27.6 Å². The van der Waals surface area contributed by atoms with Gasteiger partial charge in [-0.15, -0.1) is 0 Å². The summed E-state index contributed by atoms with van der Waals surface area (Å²) in [4.78, 5) is 39.7. The molecule has 32 heavy (non-hydrogen) atoms. The number of hydrogen-bond acceptors (Lipinski definition) is 3. The highest BCUT2D eigenvalue weighted by Crippen LogP contribution is 2.36. The van der Waals surface area contributed by atoms with E-state index in [0.717, 1.165) is 29.0 Å². The van der Waals surface area contributed by atoms with Gasteiger partial charge in [0.2, 0.25) is 11.8 Å². The number of hydrogen-bond donors (Lipinski definition) is 1. The monoisotopic (exact) mass is 467 g/mol. The van der Waals surface area contributed by atoms with Crippen molar-refractivity contribution in [3.05, 3.63) is 64.2 Å². The molecule has 0 radical (unpaired) electrons. The van der Waals surface area contributed by atoms with Crippen LogP contribution in [0.15, 0.2) is 42.5 Å². The van der Waals surface area contributed by atoms with Crippen LogP contribution in [0.2, 0.25) is 5.02 Å². The lowest BCUT2D eigenvalue weighted by Crippen LogP contribution is -2.35. The highest BCUT2D eigenvalue weighted by molar-refractivity contribution is 6.31. The zero-order valence-electron chi connectivity index (χ0n) is 17.2. The number of alkyl halides is 3. The van der Waals surface area contributed by atoms with Crippen molar-refractivity contribution in [2.45, 2.75) is 25.6 Å². The Bertz CT molecular complexity index is 1040. The van der Waals surface area contributed by atoms with E-state index >= 15 is 0 Å². The average molecular weight is 468 g/mol. The number of likely N-dealkylation sites (tertiary alicyclic amines) is 1. The molecule has 1 fully saturated rings. The molecule has 0 atom stereocenters. The van der Waals surface area contributed by atoms with Gasteiger partial charge in [-0.25, -0.2) is 0 Å². The number of benzene rings is 2. The Balaban J connectivity index is 1.62. The van der Waals surface area contributed by atoms with Crippen LogP contribution in [0.4, 0.5) is 18.9 Å². The molecule has 2 aromatic rings. The molecule has 0 bridgehead atoms. The van der Waals surface area contributed by atoms with Gasteiger partial charge >= 0.3 is 6.18 Å².